The van der Waals surface area contributed by atoms with Crippen molar-refractivity contribution in [3.05, 3.63) is 17.5 Å². The van der Waals surface area contributed by atoms with Crippen LogP contribution in [0.1, 0.15) is 25.2 Å². The zero-order valence-electron chi connectivity index (χ0n) is 8.02. The fourth-order valence-corrected chi connectivity index (χ4v) is 1.13. The second-order valence-electron chi connectivity index (χ2n) is 4.09. The largest absolute Gasteiger partial charge is 0.330 e. The molecule has 0 spiro atoms. The summed E-state index contributed by atoms with van der Waals surface area (Å²) in [7, 11) is 0. The smallest absolute Gasteiger partial charge is 0.0630 e. The van der Waals surface area contributed by atoms with E-state index in [0.29, 0.717) is 6.54 Å². The predicted molar refractivity (Wildman–Crippen MR) is 49.9 cm³/mol. The van der Waals surface area contributed by atoms with Crippen LogP contribution in [-0.2, 0) is 6.42 Å². The number of hydrogen-bond donors (Lipinski definition) is 2. The van der Waals surface area contributed by atoms with Crippen LogP contribution in [0.5, 0.6) is 0 Å². The molecule has 1 heterocycles. The van der Waals surface area contributed by atoms with Gasteiger partial charge in [0.05, 0.1) is 5.69 Å². The monoisotopic (exact) mass is 167 g/mol. The van der Waals surface area contributed by atoms with Crippen LogP contribution in [0.4, 0.5) is 0 Å². The lowest BCUT2D eigenvalue weighted by molar-refractivity contribution is 0.372. The van der Waals surface area contributed by atoms with Gasteiger partial charge in [0.15, 0.2) is 0 Å². The lowest BCUT2D eigenvalue weighted by Gasteiger charge is -2.20. The van der Waals surface area contributed by atoms with Crippen LogP contribution >= 0.6 is 0 Å². The molecular formula is C9H17N3. The maximum Gasteiger partial charge on any atom is 0.0630 e. The van der Waals surface area contributed by atoms with Crippen molar-refractivity contribution in [1.82, 2.24) is 10.2 Å². The Bertz CT molecular complexity index is 250. The molecule has 3 heteroatoms. The average molecular weight is 167 g/mol. The van der Waals surface area contributed by atoms with Crippen LogP contribution in [-0.4, -0.2) is 16.7 Å². The zero-order valence-corrected chi connectivity index (χ0v) is 8.02. The predicted octanol–water partition coefficient (Wildman–Crippen LogP) is 1.25. The Morgan fingerprint density at radius 3 is 2.67 bits per heavy atom. The molecule has 0 saturated heterocycles. The molecule has 0 fully saturated rings. The van der Waals surface area contributed by atoms with Crippen molar-refractivity contribution in [2.24, 2.45) is 11.1 Å². The van der Waals surface area contributed by atoms with E-state index in [2.05, 4.69) is 30.1 Å². The van der Waals surface area contributed by atoms with Gasteiger partial charge in [-0.25, -0.2) is 0 Å². The van der Waals surface area contributed by atoms with Gasteiger partial charge in [0, 0.05) is 5.69 Å². The van der Waals surface area contributed by atoms with Gasteiger partial charge in [0.1, 0.15) is 0 Å². The highest BCUT2D eigenvalue weighted by Crippen LogP contribution is 2.18. The highest BCUT2D eigenvalue weighted by atomic mass is 15.1. The van der Waals surface area contributed by atoms with Gasteiger partial charge in [-0.2, -0.15) is 5.10 Å². The molecule has 0 unspecified atom stereocenters. The van der Waals surface area contributed by atoms with E-state index in [1.54, 1.807) is 0 Å². The van der Waals surface area contributed by atoms with Crippen molar-refractivity contribution in [3.63, 3.8) is 0 Å². The molecule has 12 heavy (non-hydrogen) atoms. The van der Waals surface area contributed by atoms with Crippen molar-refractivity contribution in [2.45, 2.75) is 27.2 Å². The van der Waals surface area contributed by atoms with Crippen LogP contribution in [0.15, 0.2) is 6.07 Å². The highest BCUT2D eigenvalue weighted by molar-refractivity contribution is 5.08. The molecule has 68 valence electrons. The van der Waals surface area contributed by atoms with E-state index in [4.69, 9.17) is 5.73 Å². The molecule has 3 nitrogen and oxygen atoms in total. The summed E-state index contributed by atoms with van der Waals surface area (Å²) in [5.41, 5.74) is 7.99. The molecule has 0 saturated carbocycles. The molecule has 0 aromatic carbocycles. The summed E-state index contributed by atoms with van der Waals surface area (Å²) >= 11 is 0. The van der Waals surface area contributed by atoms with Gasteiger partial charge in [-0.1, -0.05) is 13.8 Å². The summed E-state index contributed by atoms with van der Waals surface area (Å²) in [5.74, 6) is 0. The van der Waals surface area contributed by atoms with Crippen LogP contribution in [0.25, 0.3) is 0 Å². The van der Waals surface area contributed by atoms with E-state index in [9.17, 15) is 0 Å². The number of nitrogens with one attached hydrogen (secondary N) is 1. The zero-order chi connectivity index (χ0) is 9.19. The number of rotatable bonds is 3. The van der Waals surface area contributed by atoms with E-state index in [0.717, 1.165) is 17.8 Å². The molecule has 1 aromatic heterocycles. The molecular weight excluding hydrogens is 150 g/mol. The van der Waals surface area contributed by atoms with Gasteiger partial charge in [-0.15, -0.1) is 0 Å². The van der Waals surface area contributed by atoms with Crippen LogP contribution in [0.2, 0.25) is 0 Å². The Kier molecular flexibility index (Phi) is 2.52. The maximum atomic E-state index is 5.62. The third kappa shape index (κ3) is 2.34. The number of nitrogens with two attached hydrogens (primary N) is 1. The third-order valence-corrected chi connectivity index (χ3v) is 1.97. The van der Waals surface area contributed by atoms with Crippen molar-refractivity contribution in [1.29, 1.82) is 0 Å². The number of aryl methyl sites for hydroxylation is 1. The van der Waals surface area contributed by atoms with Gasteiger partial charge in [-0.05, 0) is 31.4 Å². The summed E-state index contributed by atoms with van der Waals surface area (Å²) in [6.07, 6.45) is 0.938. The first-order valence-electron chi connectivity index (χ1n) is 4.24. The normalized spacial score (nSPS) is 12.0. The molecule has 1 rings (SSSR count). The average Bonchev–Trinajstić information content (AvgIpc) is 2.35. The van der Waals surface area contributed by atoms with E-state index in [-0.39, 0.29) is 5.41 Å². The van der Waals surface area contributed by atoms with Crippen LogP contribution in [0.3, 0.4) is 0 Å². The summed E-state index contributed by atoms with van der Waals surface area (Å²) < 4.78 is 0. The standard InChI is InChI=1S/C9H17N3/c1-7-4-8(12-11-7)5-9(2,3)6-10/h4H,5-6,10H2,1-3H3,(H,11,12). The van der Waals surface area contributed by atoms with Crippen LogP contribution in [0, 0.1) is 12.3 Å². The number of H-pyrrole nitrogens is 1. The van der Waals surface area contributed by atoms with Crippen LogP contribution < -0.4 is 5.73 Å². The Morgan fingerprint density at radius 1 is 1.58 bits per heavy atom. The Hall–Kier alpha value is -0.830. The lowest BCUT2D eigenvalue weighted by atomic mass is 9.88. The molecule has 0 radical (unpaired) electrons. The lowest BCUT2D eigenvalue weighted by Crippen LogP contribution is -2.26. The second kappa shape index (κ2) is 3.27. The van der Waals surface area contributed by atoms with Crippen molar-refractivity contribution < 1.29 is 0 Å². The molecule has 1 aromatic rings. The molecule has 0 aliphatic rings. The summed E-state index contributed by atoms with van der Waals surface area (Å²) in [6, 6.07) is 2.07. The third-order valence-electron chi connectivity index (χ3n) is 1.97. The molecule has 0 aliphatic heterocycles. The quantitative estimate of drug-likeness (QED) is 0.711. The number of nitrogens with zero attached hydrogens (tertiary/aromatic N) is 1. The number of aromatic nitrogens is 2. The summed E-state index contributed by atoms with van der Waals surface area (Å²) in [6.45, 7) is 7.00. The van der Waals surface area contributed by atoms with Gasteiger partial charge >= 0.3 is 0 Å². The molecule has 0 atom stereocenters. The van der Waals surface area contributed by atoms with Crippen molar-refractivity contribution in [2.75, 3.05) is 6.54 Å². The first-order valence-corrected chi connectivity index (χ1v) is 4.24. The first-order chi connectivity index (χ1) is 5.53. The van der Waals surface area contributed by atoms with Crippen molar-refractivity contribution >= 4 is 0 Å². The molecule has 0 bridgehead atoms. The first kappa shape index (κ1) is 9.26. The summed E-state index contributed by atoms with van der Waals surface area (Å²) in [5, 5.41) is 7.09. The second-order valence-corrected chi connectivity index (χ2v) is 4.09. The van der Waals surface area contributed by atoms with Crippen molar-refractivity contribution in [3.8, 4) is 0 Å². The minimum Gasteiger partial charge on any atom is -0.330 e. The maximum absolute atomic E-state index is 5.62. The van der Waals surface area contributed by atoms with E-state index in [1.165, 1.54) is 0 Å². The van der Waals surface area contributed by atoms with Gasteiger partial charge in [0.2, 0.25) is 0 Å². The van der Waals surface area contributed by atoms with Gasteiger partial charge in [-0.3, -0.25) is 5.10 Å². The van der Waals surface area contributed by atoms with E-state index in [1.807, 2.05) is 6.92 Å². The molecule has 3 N–H and O–H groups in total. The molecule has 0 amide bonds. The van der Waals surface area contributed by atoms with E-state index < -0.39 is 0 Å². The minimum absolute atomic E-state index is 0.154. The fourth-order valence-electron chi connectivity index (χ4n) is 1.13. The van der Waals surface area contributed by atoms with Gasteiger partial charge in [0.25, 0.3) is 0 Å². The SMILES string of the molecule is Cc1cc(CC(C)(C)CN)n[nH]1. The van der Waals surface area contributed by atoms with E-state index >= 15 is 0 Å². The Morgan fingerprint density at radius 2 is 2.25 bits per heavy atom. The highest BCUT2D eigenvalue weighted by Gasteiger charge is 2.17. The number of aromatic amines is 1. The topological polar surface area (TPSA) is 54.7 Å². The Balaban J connectivity index is 2.63. The fraction of sp³-hybridized carbons (Fsp3) is 0.667. The summed E-state index contributed by atoms with van der Waals surface area (Å²) in [4.78, 5) is 0. The van der Waals surface area contributed by atoms with Gasteiger partial charge < -0.3 is 5.73 Å². The Labute approximate surface area is 73.4 Å². The minimum atomic E-state index is 0.154. The molecule has 0 aliphatic carbocycles. The number of hydrogen-bond acceptors (Lipinski definition) is 2.